The Labute approximate surface area is 147 Å². The van der Waals surface area contributed by atoms with Gasteiger partial charge in [-0.05, 0) is 55.2 Å². The van der Waals surface area contributed by atoms with Crippen LogP contribution in [0.4, 0.5) is 0 Å². The van der Waals surface area contributed by atoms with E-state index in [1.165, 1.54) is 33.0 Å². The van der Waals surface area contributed by atoms with E-state index >= 15 is 0 Å². The molecule has 0 atom stereocenters. The first-order valence-electron chi connectivity index (χ1n) is 8.12. The molecule has 1 N–H and O–H groups in total. The average Bonchev–Trinajstić information content (AvgIpc) is 3.14. The topological polar surface area (TPSA) is 46.0 Å². The molecule has 0 aliphatic heterocycles. The van der Waals surface area contributed by atoms with Crippen molar-refractivity contribution >= 4 is 23.0 Å². The third-order valence-corrected chi connectivity index (χ3v) is 5.32. The maximum Gasteiger partial charge on any atom is 0.158 e. The van der Waals surface area contributed by atoms with Crippen LogP contribution in [0, 0.1) is 13.8 Å². The minimum atomic E-state index is 0.398. The van der Waals surface area contributed by atoms with Gasteiger partial charge in [0.15, 0.2) is 5.65 Å². The lowest BCUT2D eigenvalue weighted by Gasteiger charge is -2.14. The molecule has 0 aliphatic carbocycles. The summed E-state index contributed by atoms with van der Waals surface area (Å²) in [5.41, 5.74) is 9.34. The first-order valence-corrected chi connectivity index (χ1v) is 9.34. The molecule has 5 heteroatoms. The Bertz CT molecular complexity index is 931. The van der Waals surface area contributed by atoms with Crippen molar-refractivity contribution in [2.45, 2.75) is 45.6 Å². The normalized spacial score (nSPS) is 11.6. The van der Waals surface area contributed by atoms with Crippen LogP contribution in [0.3, 0.4) is 0 Å². The van der Waals surface area contributed by atoms with Crippen molar-refractivity contribution in [2.75, 3.05) is 6.26 Å². The number of aromatic nitrogens is 4. The second-order valence-electron chi connectivity index (χ2n) is 6.58. The molecule has 0 fully saturated rings. The van der Waals surface area contributed by atoms with Gasteiger partial charge in [0.1, 0.15) is 6.33 Å². The molecule has 0 aliphatic rings. The van der Waals surface area contributed by atoms with Crippen LogP contribution in [0.2, 0.25) is 0 Å². The largest absolute Gasteiger partial charge is 0.349 e. The number of fused-ring (bicyclic) bond motifs is 1. The molecule has 0 saturated carbocycles. The standard InChI is InChI=1S/C19H24N4S/c1-10(2)15-16(11(3)4)19(24-7)22-17(15)14-8-23-18(20-9-21-23)13(6)12(14)5/h8-10,22H,3H2,1-2,4-7H3. The van der Waals surface area contributed by atoms with Crippen LogP contribution in [0.15, 0.2) is 24.1 Å². The van der Waals surface area contributed by atoms with E-state index in [-0.39, 0.29) is 0 Å². The summed E-state index contributed by atoms with van der Waals surface area (Å²) < 4.78 is 1.86. The van der Waals surface area contributed by atoms with Crippen molar-refractivity contribution in [1.29, 1.82) is 0 Å². The predicted octanol–water partition coefficient (Wildman–Crippen LogP) is 5.22. The van der Waals surface area contributed by atoms with Gasteiger partial charge in [0.25, 0.3) is 0 Å². The first kappa shape index (κ1) is 16.8. The van der Waals surface area contributed by atoms with Gasteiger partial charge in [0, 0.05) is 17.3 Å². The van der Waals surface area contributed by atoms with Gasteiger partial charge in [-0.2, -0.15) is 5.10 Å². The van der Waals surface area contributed by atoms with Crippen molar-refractivity contribution in [1.82, 2.24) is 19.6 Å². The number of H-pyrrole nitrogens is 1. The predicted molar refractivity (Wildman–Crippen MR) is 103 cm³/mol. The van der Waals surface area contributed by atoms with Gasteiger partial charge in [-0.1, -0.05) is 20.4 Å². The molecule has 0 aromatic carbocycles. The highest BCUT2D eigenvalue weighted by Crippen LogP contribution is 2.41. The van der Waals surface area contributed by atoms with E-state index in [0.29, 0.717) is 5.92 Å². The highest BCUT2D eigenvalue weighted by molar-refractivity contribution is 7.98. The highest BCUT2D eigenvalue weighted by atomic mass is 32.2. The number of pyridine rings is 1. The second-order valence-corrected chi connectivity index (χ2v) is 7.39. The van der Waals surface area contributed by atoms with Crippen LogP contribution in [0.5, 0.6) is 0 Å². The molecule has 0 radical (unpaired) electrons. The Kier molecular flexibility index (Phi) is 4.30. The van der Waals surface area contributed by atoms with Crippen LogP contribution < -0.4 is 0 Å². The van der Waals surface area contributed by atoms with Gasteiger partial charge >= 0.3 is 0 Å². The number of aryl methyl sites for hydroxylation is 1. The fourth-order valence-electron chi connectivity index (χ4n) is 3.31. The van der Waals surface area contributed by atoms with E-state index in [1.54, 1.807) is 18.1 Å². The Balaban J connectivity index is 2.38. The van der Waals surface area contributed by atoms with Gasteiger partial charge in [-0.15, -0.1) is 11.8 Å². The molecule has 126 valence electrons. The SMILES string of the molecule is C=C(C)c1c(SC)[nH]c(-c2cn3ncnc3c(C)c2C)c1C(C)C. The molecule has 0 bridgehead atoms. The van der Waals surface area contributed by atoms with Gasteiger partial charge in [0.2, 0.25) is 0 Å². The molecule has 3 aromatic heterocycles. The van der Waals surface area contributed by atoms with Crippen molar-refractivity contribution in [3.63, 3.8) is 0 Å². The quantitative estimate of drug-likeness (QED) is 0.662. The summed E-state index contributed by atoms with van der Waals surface area (Å²) >= 11 is 1.74. The third-order valence-electron chi connectivity index (χ3n) is 4.61. The van der Waals surface area contributed by atoms with Crippen molar-refractivity contribution in [2.24, 2.45) is 0 Å². The Morgan fingerprint density at radius 1 is 1.29 bits per heavy atom. The molecule has 24 heavy (non-hydrogen) atoms. The highest BCUT2D eigenvalue weighted by Gasteiger charge is 2.23. The molecule has 0 unspecified atom stereocenters. The molecular formula is C19H24N4S. The van der Waals surface area contributed by atoms with E-state index in [1.807, 2.05) is 4.52 Å². The fourth-order valence-corrected chi connectivity index (χ4v) is 4.00. The number of thioether (sulfide) groups is 1. The summed E-state index contributed by atoms with van der Waals surface area (Å²) in [5, 5.41) is 5.51. The summed E-state index contributed by atoms with van der Waals surface area (Å²) in [6.07, 6.45) is 5.79. The minimum Gasteiger partial charge on any atom is -0.349 e. The van der Waals surface area contributed by atoms with Crippen LogP contribution >= 0.6 is 11.8 Å². The number of aromatic amines is 1. The maximum absolute atomic E-state index is 4.36. The zero-order valence-electron chi connectivity index (χ0n) is 15.2. The van der Waals surface area contributed by atoms with Crippen LogP contribution in [-0.2, 0) is 0 Å². The van der Waals surface area contributed by atoms with Crippen molar-refractivity contribution in [3.05, 3.63) is 41.4 Å². The minimum absolute atomic E-state index is 0.398. The van der Waals surface area contributed by atoms with E-state index in [9.17, 15) is 0 Å². The number of nitrogens with one attached hydrogen (secondary N) is 1. The molecule has 3 aromatic rings. The van der Waals surface area contributed by atoms with Crippen molar-refractivity contribution in [3.8, 4) is 11.3 Å². The Morgan fingerprint density at radius 3 is 2.58 bits per heavy atom. The lowest BCUT2D eigenvalue weighted by molar-refractivity contribution is 0.865. The van der Waals surface area contributed by atoms with Gasteiger partial charge in [-0.3, -0.25) is 0 Å². The summed E-state index contributed by atoms with van der Waals surface area (Å²) in [6, 6.07) is 0. The van der Waals surface area contributed by atoms with E-state index in [4.69, 9.17) is 0 Å². The van der Waals surface area contributed by atoms with Crippen molar-refractivity contribution < 1.29 is 0 Å². The summed E-state index contributed by atoms with van der Waals surface area (Å²) in [7, 11) is 0. The number of hydrogen-bond donors (Lipinski definition) is 1. The number of hydrogen-bond acceptors (Lipinski definition) is 3. The molecule has 3 rings (SSSR count). The first-order chi connectivity index (χ1) is 11.4. The zero-order valence-corrected chi connectivity index (χ0v) is 16.0. The average molecular weight is 340 g/mol. The third kappa shape index (κ3) is 2.47. The van der Waals surface area contributed by atoms with E-state index in [2.05, 4.69) is 68.7 Å². The fraction of sp³-hybridized carbons (Fsp3) is 0.368. The van der Waals surface area contributed by atoms with Gasteiger partial charge < -0.3 is 4.98 Å². The van der Waals surface area contributed by atoms with Gasteiger partial charge in [-0.25, -0.2) is 9.50 Å². The van der Waals surface area contributed by atoms with Gasteiger partial charge in [0.05, 0.1) is 10.7 Å². The maximum atomic E-state index is 4.36. The van der Waals surface area contributed by atoms with Crippen LogP contribution in [0.25, 0.3) is 22.5 Å². The van der Waals surface area contributed by atoms with Crippen LogP contribution in [0.1, 0.15) is 48.9 Å². The molecule has 0 amide bonds. The molecule has 0 saturated heterocycles. The molecule has 4 nitrogen and oxygen atoms in total. The monoisotopic (exact) mass is 340 g/mol. The summed E-state index contributed by atoms with van der Waals surface area (Å²) in [6.45, 7) is 15.0. The lowest BCUT2D eigenvalue weighted by atomic mass is 9.91. The molecule has 3 heterocycles. The van der Waals surface area contributed by atoms with E-state index in [0.717, 1.165) is 16.8 Å². The second kappa shape index (κ2) is 6.13. The molecule has 0 spiro atoms. The Hall–Kier alpha value is -2.01. The summed E-state index contributed by atoms with van der Waals surface area (Å²) in [5.74, 6) is 0.398. The summed E-state index contributed by atoms with van der Waals surface area (Å²) in [4.78, 5) is 8.01. The Morgan fingerprint density at radius 2 is 2.00 bits per heavy atom. The van der Waals surface area contributed by atoms with E-state index < -0.39 is 0 Å². The zero-order chi connectivity index (χ0) is 17.6. The lowest BCUT2D eigenvalue weighted by Crippen LogP contribution is -2.00. The number of nitrogens with zero attached hydrogens (tertiary/aromatic N) is 3. The smallest absolute Gasteiger partial charge is 0.158 e. The number of rotatable bonds is 4. The number of allylic oxidation sites excluding steroid dienone is 1. The van der Waals surface area contributed by atoms with Crippen LogP contribution in [-0.4, -0.2) is 25.8 Å². The molecular weight excluding hydrogens is 316 g/mol.